The Kier molecular flexibility index (Phi) is 4.35. The van der Waals surface area contributed by atoms with Crippen molar-refractivity contribution in [2.24, 2.45) is 0 Å². The summed E-state index contributed by atoms with van der Waals surface area (Å²) < 4.78 is 1.82. The van der Waals surface area contributed by atoms with Crippen LogP contribution in [0.25, 0.3) is 11.0 Å². The highest BCUT2D eigenvalue weighted by atomic mass is 16.3. The number of fused-ring (bicyclic) bond motifs is 1. The van der Waals surface area contributed by atoms with Crippen molar-refractivity contribution >= 4 is 22.9 Å². The van der Waals surface area contributed by atoms with Gasteiger partial charge in [0, 0.05) is 13.1 Å². The Morgan fingerprint density at radius 3 is 2.95 bits per heavy atom. The summed E-state index contributed by atoms with van der Waals surface area (Å²) >= 11 is 0. The number of benzene rings is 1. The van der Waals surface area contributed by atoms with Crippen LogP contribution in [-0.2, 0) is 11.3 Å². The number of carbonyl (C=O) groups is 1. The molecule has 0 saturated carbocycles. The average Bonchev–Trinajstić information content (AvgIpc) is 2.75. The maximum Gasteiger partial charge on any atom is 0.240 e. The van der Waals surface area contributed by atoms with Gasteiger partial charge in [-0.15, -0.1) is 0 Å². The number of hydrogen-bond acceptors (Lipinski definition) is 4. The molecule has 1 amide bonds. The van der Waals surface area contributed by atoms with Gasteiger partial charge >= 0.3 is 0 Å². The van der Waals surface area contributed by atoms with E-state index < -0.39 is 0 Å². The molecular formula is C13H18N4O2. The third-order valence-electron chi connectivity index (χ3n) is 2.73. The number of imidazole rings is 1. The lowest BCUT2D eigenvalue weighted by Gasteiger charge is -2.09. The van der Waals surface area contributed by atoms with E-state index in [9.17, 15) is 4.79 Å². The van der Waals surface area contributed by atoms with Gasteiger partial charge in [-0.25, -0.2) is 4.98 Å². The molecule has 3 N–H and O–H groups in total. The first-order valence-electron chi connectivity index (χ1n) is 6.33. The van der Waals surface area contributed by atoms with Crippen LogP contribution in [0.2, 0.25) is 0 Å². The van der Waals surface area contributed by atoms with Gasteiger partial charge in [-0.2, -0.15) is 0 Å². The van der Waals surface area contributed by atoms with Crippen LogP contribution in [0.15, 0.2) is 24.3 Å². The molecule has 0 spiro atoms. The van der Waals surface area contributed by atoms with Crippen molar-refractivity contribution in [2.75, 3.05) is 25.0 Å². The van der Waals surface area contributed by atoms with Crippen LogP contribution in [-0.4, -0.2) is 40.3 Å². The van der Waals surface area contributed by atoms with Crippen LogP contribution in [0.4, 0.5) is 5.95 Å². The second-order valence-corrected chi connectivity index (χ2v) is 4.11. The molecule has 0 aliphatic carbocycles. The lowest BCUT2D eigenvalue weighted by molar-refractivity contribution is -0.121. The Morgan fingerprint density at radius 2 is 2.21 bits per heavy atom. The van der Waals surface area contributed by atoms with Crippen molar-refractivity contribution in [1.82, 2.24) is 14.9 Å². The van der Waals surface area contributed by atoms with Gasteiger partial charge in [-0.05, 0) is 19.1 Å². The number of rotatable bonds is 6. The van der Waals surface area contributed by atoms with E-state index in [0.29, 0.717) is 19.0 Å². The fourth-order valence-electron chi connectivity index (χ4n) is 1.93. The number of nitrogens with one attached hydrogen (secondary N) is 2. The van der Waals surface area contributed by atoms with E-state index in [0.717, 1.165) is 11.0 Å². The van der Waals surface area contributed by atoms with Gasteiger partial charge < -0.3 is 20.3 Å². The molecule has 102 valence electrons. The predicted molar refractivity (Wildman–Crippen MR) is 74.0 cm³/mol. The molecule has 0 fully saturated rings. The lowest BCUT2D eigenvalue weighted by Crippen LogP contribution is -2.27. The van der Waals surface area contributed by atoms with E-state index in [4.69, 9.17) is 5.11 Å². The molecule has 0 saturated heterocycles. The number of carbonyl (C=O) groups excluding carboxylic acids is 1. The number of anilines is 1. The van der Waals surface area contributed by atoms with Crippen LogP contribution in [0.5, 0.6) is 0 Å². The van der Waals surface area contributed by atoms with Gasteiger partial charge in [0.05, 0.1) is 17.6 Å². The third-order valence-corrected chi connectivity index (χ3v) is 2.73. The molecule has 0 aliphatic heterocycles. The van der Waals surface area contributed by atoms with E-state index in [2.05, 4.69) is 15.6 Å². The maximum atomic E-state index is 11.7. The zero-order chi connectivity index (χ0) is 13.7. The molecule has 0 atom stereocenters. The smallest absolute Gasteiger partial charge is 0.240 e. The Hall–Kier alpha value is -2.08. The molecule has 0 aliphatic rings. The molecule has 1 aromatic carbocycles. The maximum absolute atomic E-state index is 11.7. The average molecular weight is 262 g/mol. The quantitative estimate of drug-likeness (QED) is 0.711. The highest BCUT2D eigenvalue weighted by molar-refractivity contribution is 5.83. The van der Waals surface area contributed by atoms with Crippen LogP contribution >= 0.6 is 0 Å². The molecule has 0 bridgehead atoms. The van der Waals surface area contributed by atoms with E-state index in [1.54, 1.807) is 0 Å². The monoisotopic (exact) mass is 262 g/mol. The minimum Gasteiger partial charge on any atom is -0.395 e. The van der Waals surface area contributed by atoms with E-state index >= 15 is 0 Å². The molecule has 19 heavy (non-hydrogen) atoms. The summed E-state index contributed by atoms with van der Waals surface area (Å²) in [6.45, 7) is 3.12. The van der Waals surface area contributed by atoms with Gasteiger partial charge in [0.2, 0.25) is 11.9 Å². The van der Waals surface area contributed by atoms with E-state index in [-0.39, 0.29) is 19.1 Å². The summed E-state index contributed by atoms with van der Waals surface area (Å²) in [5, 5.41) is 14.7. The summed E-state index contributed by atoms with van der Waals surface area (Å²) in [6.07, 6.45) is 0. The van der Waals surface area contributed by atoms with Crippen molar-refractivity contribution in [3.05, 3.63) is 24.3 Å². The Morgan fingerprint density at radius 1 is 1.42 bits per heavy atom. The number of likely N-dealkylation sites (N-methyl/N-ethyl adjacent to an activating group) is 1. The van der Waals surface area contributed by atoms with Crippen molar-refractivity contribution in [3.8, 4) is 0 Å². The Bertz CT molecular complexity index is 565. The van der Waals surface area contributed by atoms with Crippen molar-refractivity contribution < 1.29 is 9.90 Å². The summed E-state index contributed by atoms with van der Waals surface area (Å²) in [7, 11) is 0. The van der Waals surface area contributed by atoms with Crippen molar-refractivity contribution in [1.29, 1.82) is 0 Å². The zero-order valence-corrected chi connectivity index (χ0v) is 10.9. The van der Waals surface area contributed by atoms with Gasteiger partial charge in [-0.3, -0.25) is 4.79 Å². The number of hydrogen-bond donors (Lipinski definition) is 3. The van der Waals surface area contributed by atoms with Crippen molar-refractivity contribution in [2.45, 2.75) is 13.5 Å². The van der Waals surface area contributed by atoms with Crippen LogP contribution < -0.4 is 10.6 Å². The van der Waals surface area contributed by atoms with Gasteiger partial charge in [0.15, 0.2) is 0 Å². The number of nitrogens with zero attached hydrogens (tertiary/aromatic N) is 2. The molecule has 0 unspecified atom stereocenters. The Labute approximate surface area is 111 Å². The zero-order valence-electron chi connectivity index (χ0n) is 10.9. The van der Waals surface area contributed by atoms with Crippen molar-refractivity contribution in [3.63, 3.8) is 0 Å². The molecule has 2 rings (SSSR count). The molecule has 6 nitrogen and oxygen atoms in total. The van der Waals surface area contributed by atoms with Gasteiger partial charge in [0.25, 0.3) is 0 Å². The number of aromatic nitrogens is 2. The van der Waals surface area contributed by atoms with E-state index in [1.807, 2.05) is 35.8 Å². The van der Waals surface area contributed by atoms with E-state index in [1.165, 1.54) is 0 Å². The Balaban J connectivity index is 2.33. The summed E-state index contributed by atoms with van der Waals surface area (Å²) in [5.74, 6) is 0.541. The number of aliphatic hydroxyl groups excluding tert-OH is 1. The molecule has 2 aromatic rings. The molecule has 1 heterocycles. The van der Waals surface area contributed by atoms with Crippen LogP contribution in [0, 0.1) is 0 Å². The topological polar surface area (TPSA) is 79.2 Å². The number of amides is 1. The fourth-order valence-corrected chi connectivity index (χ4v) is 1.93. The fraction of sp³-hybridized carbons (Fsp3) is 0.385. The molecule has 1 aromatic heterocycles. The molecule has 6 heteroatoms. The lowest BCUT2D eigenvalue weighted by atomic mass is 10.3. The third kappa shape index (κ3) is 3.03. The highest BCUT2D eigenvalue weighted by Gasteiger charge is 2.12. The number of para-hydroxylation sites is 2. The summed E-state index contributed by atoms with van der Waals surface area (Å²) in [4.78, 5) is 16.2. The minimum atomic E-state index is -0.0577. The summed E-state index contributed by atoms with van der Waals surface area (Å²) in [5.41, 5.74) is 1.72. The van der Waals surface area contributed by atoms with Gasteiger partial charge in [0.1, 0.15) is 6.54 Å². The van der Waals surface area contributed by atoms with Crippen LogP contribution in [0.3, 0.4) is 0 Å². The second kappa shape index (κ2) is 6.19. The summed E-state index contributed by atoms with van der Waals surface area (Å²) in [6, 6.07) is 7.63. The first-order chi connectivity index (χ1) is 9.26. The van der Waals surface area contributed by atoms with Gasteiger partial charge in [-0.1, -0.05) is 12.1 Å². The second-order valence-electron chi connectivity index (χ2n) is 4.11. The van der Waals surface area contributed by atoms with Crippen LogP contribution in [0.1, 0.15) is 6.92 Å². The first kappa shape index (κ1) is 13.4. The highest BCUT2D eigenvalue weighted by Crippen LogP contribution is 2.19. The number of aliphatic hydroxyl groups is 1. The molecule has 0 radical (unpaired) electrons. The molecular weight excluding hydrogens is 244 g/mol. The normalized spacial score (nSPS) is 10.6. The standard InChI is InChI=1S/C13H18N4O2/c1-2-14-12(19)9-17-11-6-4-3-5-10(11)16-13(17)15-7-8-18/h3-6,18H,2,7-9H2,1H3,(H,14,19)(H,15,16). The minimum absolute atomic E-state index is 0.0182. The first-order valence-corrected chi connectivity index (χ1v) is 6.33. The SMILES string of the molecule is CCNC(=O)Cn1c(NCCO)nc2ccccc21. The predicted octanol–water partition coefficient (Wildman–Crippen LogP) is 0.577. The largest absolute Gasteiger partial charge is 0.395 e.